The molecular formula is C26H33N7O3S. The van der Waals surface area contributed by atoms with Crippen LogP contribution < -0.4 is 15.5 Å². The molecule has 4 heterocycles. The fraction of sp³-hybridized carbons (Fsp3) is 0.500. The molecule has 2 aliphatic rings. The summed E-state index contributed by atoms with van der Waals surface area (Å²) in [6.45, 7) is 6.89. The van der Waals surface area contributed by atoms with Crippen molar-refractivity contribution in [3.63, 3.8) is 0 Å². The number of carbonyl (C=O) groups excluding carboxylic acids is 1. The van der Waals surface area contributed by atoms with Crippen LogP contribution in [0.15, 0.2) is 29.8 Å². The average molecular weight is 524 g/mol. The van der Waals surface area contributed by atoms with Crippen molar-refractivity contribution in [1.82, 2.24) is 25.2 Å². The molecule has 3 N–H and O–H groups in total. The first-order valence-corrected chi connectivity index (χ1v) is 13.5. The molecule has 37 heavy (non-hydrogen) atoms. The van der Waals surface area contributed by atoms with Crippen LogP contribution in [0.4, 0.5) is 16.6 Å². The molecule has 2 saturated heterocycles. The predicted octanol–water partition coefficient (Wildman–Crippen LogP) is 3.91. The molecule has 11 heteroatoms. The molecule has 2 fully saturated rings. The minimum absolute atomic E-state index is 0.0164. The summed E-state index contributed by atoms with van der Waals surface area (Å²) in [6, 6.07) is 6.02. The van der Waals surface area contributed by atoms with Crippen LogP contribution in [0.2, 0.25) is 0 Å². The van der Waals surface area contributed by atoms with Gasteiger partial charge in [-0.05, 0) is 30.9 Å². The van der Waals surface area contributed by atoms with Crippen molar-refractivity contribution in [2.24, 2.45) is 11.3 Å². The van der Waals surface area contributed by atoms with Crippen molar-refractivity contribution in [3.8, 4) is 10.6 Å². The first-order chi connectivity index (χ1) is 17.7. The van der Waals surface area contributed by atoms with Crippen LogP contribution in [-0.2, 0) is 4.79 Å². The van der Waals surface area contributed by atoms with Gasteiger partial charge in [0.15, 0.2) is 0 Å². The zero-order valence-electron chi connectivity index (χ0n) is 21.4. The van der Waals surface area contributed by atoms with E-state index in [1.54, 1.807) is 24.6 Å². The Morgan fingerprint density at radius 1 is 1.22 bits per heavy atom. The standard InChI is InChI=1S/C26H33N7O3S/c1-16(2)10-18(12-21(34)27-3)29-22-19-5-4-17(23-28-7-9-37-23)11-20(19)30-24(31-22)32-8-6-26(13-32)14-33(15-26)25(35)36/h4-5,7,9,11,16,18H,6,8,10,12-15H2,1-3H3,(H,27,34)(H,35,36)(H,29,30,31). The van der Waals surface area contributed by atoms with Crippen LogP contribution in [-0.4, -0.2) is 76.2 Å². The van der Waals surface area contributed by atoms with Crippen molar-refractivity contribution >= 4 is 46.0 Å². The Morgan fingerprint density at radius 3 is 2.70 bits per heavy atom. The number of anilines is 2. The maximum absolute atomic E-state index is 12.3. The summed E-state index contributed by atoms with van der Waals surface area (Å²) in [5.74, 6) is 1.72. The van der Waals surface area contributed by atoms with E-state index in [-0.39, 0.29) is 17.4 Å². The number of carboxylic acid groups (broad SMARTS) is 1. The van der Waals surface area contributed by atoms with Crippen molar-refractivity contribution in [2.75, 3.05) is 43.4 Å². The van der Waals surface area contributed by atoms with E-state index in [4.69, 9.17) is 9.97 Å². The summed E-state index contributed by atoms with van der Waals surface area (Å²) >= 11 is 1.58. The van der Waals surface area contributed by atoms with Crippen LogP contribution in [0, 0.1) is 11.3 Å². The summed E-state index contributed by atoms with van der Waals surface area (Å²) in [5.41, 5.74) is 1.77. The summed E-state index contributed by atoms with van der Waals surface area (Å²) in [6.07, 6.45) is 3.01. The molecule has 1 aromatic carbocycles. The maximum Gasteiger partial charge on any atom is 0.407 e. The number of carbonyl (C=O) groups is 2. The monoisotopic (exact) mass is 523 g/mol. The largest absolute Gasteiger partial charge is 0.465 e. The lowest BCUT2D eigenvalue weighted by atomic mass is 9.79. The van der Waals surface area contributed by atoms with Gasteiger partial charge in [-0.2, -0.15) is 4.98 Å². The van der Waals surface area contributed by atoms with E-state index in [0.717, 1.165) is 47.4 Å². The van der Waals surface area contributed by atoms with E-state index < -0.39 is 6.09 Å². The molecule has 2 aliphatic heterocycles. The Hall–Kier alpha value is -3.47. The summed E-state index contributed by atoms with van der Waals surface area (Å²) in [5, 5.41) is 19.4. The van der Waals surface area contributed by atoms with E-state index >= 15 is 0 Å². The SMILES string of the molecule is CNC(=O)CC(CC(C)C)Nc1nc(N2CCC3(CN(C(=O)O)C3)C2)nc2cc(-c3nccs3)ccc12. The molecule has 0 aliphatic carbocycles. The minimum atomic E-state index is -0.862. The van der Waals surface area contributed by atoms with Gasteiger partial charge in [0.1, 0.15) is 10.8 Å². The smallest absolute Gasteiger partial charge is 0.407 e. The normalized spacial score (nSPS) is 17.3. The van der Waals surface area contributed by atoms with Gasteiger partial charge in [0, 0.05) is 73.6 Å². The molecule has 2 aromatic heterocycles. The topological polar surface area (TPSA) is 124 Å². The Labute approximate surface area is 220 Å². The number of thiazole rings is 1. The molecule has 0 saturated carbocycles. The van der Waals surface area contributed by atoms with Gasteiger partial charge in [-0.25, -0.2) is 14.8 Å². The van der Waals surface area contributed by atoms with Gasteiger partial charge in [-0.3, -0.25) is 4.79 Å². The lowest BCUT2D eigenvalue weighted by molar-refractivity contribution is -0.120. The van der Waals surface area contributed by atoms with Gasteiger partial charge in [-0.1, -0.05) is 19.9 Å². The molecular weight excluding hydrogens is 490 g/mol. The number of rotatable bonds is 8. The fourth-order valence-electron chi connectivity index (χ4n) is 5.41. The second kappa shape index (κ2) is 10.1. The van der Waals surface area contributed by atoms with Crippen molar-refractivity contribution in [1.29, 1.82) is 0 Å². The first-order valence-electron chi connectivity index (χ1n) is 12.7. The molecule has 1 unspecified atom stereocenters. The Kier molecular flexibility index (Phi) is 6.89. The van der Waals surface area contributed by atoms with Crippen molar-refractivity contribution < 1.29 is 14.7 Å². The Morgan fingerprint density at radius 2 is 2.03 bits per heavy atom. The highest BCUT2D eigenvalue weighted by molar-refractivity contribution is 7.13. The molecule has 3 aromatic rings. The van der Waals surface area contributed by atoms with Gasteiger partial charge >= 0.3 is 6.09 Å². The van der Waals surface area contributed by atoms with Crippen molar-refractivity contribution in [3.05, 3.63) is 29.8 Å². The quantitative estimate of drug-likeness (QED) is 0.406. The predicted molar refractivity (Wildman–Crippen MR) is 145 cm³/mol. The zero-order valence-corrected chi connectivity index (χ0v) is 22.2. The molecule has 10 nitrogen and oxygen atoms in total. The van der Waals surface area contributed by atoms with Gasteiger partial charge < -0.3 is 25.5 Å². The number of nitrogens with zero attached hydrogens (tertiary/aromatic N) is 5. The lowest BCUT2D eigenvalue weighted by Crippen LogP contribution is -2.59. The fourth-order valence-corrected chi connectivity index (χ4v) is 6.05. The Balaban J connectivity index is 1.49. The lowest BCUT2D eigenvalue weighted by Gasteiger charge is -2.46. The van der Waals surface area contributed by atoms with Crippen LogP contribution in [0.1, 0.15) is 33.1 Å². The highest BCUT2D eigenvalue weighted by atomic mass is 32.1. The molecule has 2 amide bonds. The van der Waals surface area contributed by atoms with Crippen LogP contribution in [0.3, 0.4) is 0 Å². The second-order valence-corrected chi connectivity index (χ2v) is 11.5. The maximum atomic E-state index is 12.3. The second-order valence-electron chi connectivity index (χ2n) is 10.6. The first kappa shape index (κ1) is 25.2. The average Bonchev–Trinajstić information content (AvgIpc) is 3.53. The van der Waals surface area contributed by atoms with Crippen LogP contribution in [0.5, 0.6) is 0 Å². The zero-order chi connectivity index (χ0) is 26.2. The van der Waals surface area contributed by atoms with E-state index in [0.29, 0.717) is 37.2 Å². The third kappa shape index (κ3) is 5.31. The highest BCUT2D eigenvalue weighted by Crippen LogP contribution is 2.41. The molecule has 1 atom stereocenters. The number of hydrogen-bond donors (Lipinski definition) is 3. The van der Waals surface area contributed by atoms with E-state index in [1.165, 1.54) is 4.90 Å². The number of amides is 2. The Bertz CT molecular complexity index is 1290. The number of aromatic nitrogens is 3. The van der Waals surface area contributed by atoms with Gasteiger partial charge in [0.05, 0.1) is 5.52 Å². The molecule has 0 bridgehead atoms. The van der Waals surface area contributed by atoms with Gasteiger partial charge in [0.2, 0.25) is 11.9 Å². The molecule has 196 valence electrons. The number of fused-ring (bicyclic) bond motifs is 1. The van der Waals surface area contributed by atoms with Gasteiger partial charge in [0.25, 0.3) is 0 Å². The summed E-state index contributed by atoms with van der Waals surface area (Å²) in [4.78, 5) is 41.6. The molecule has 1 spiro atoms. The minimum Gasteiger partial charge on any atom is -0.465 e. The number of likely N-dealkylation sites (tertiary alicyclic amines) is 1. The summed E-state index contributed by atoms with van der Waals surface area (Å²) < 4.78 is 0. The van der Waals surface area contributed by atoms with Crippen LogP contribution >= 0.6 is 11.3 Å². The molecule has 0 radical (unpaired) electrons. The third-order valence-corrected chi connectivity index (χ3v) is 8.04. The van der Waals surface area contributed by atoms with Crippen LogP contribution in [0.25, 0.3) is 21.5 Å². The van der Waals surface area contributed by atoms with Gasteiger partial charge in [-0.15, -0.1) is 11.3 Å². The number of benzene rings is 1. The number of nitrogens with one attached hydrogen (secondary N) is 2. The molecule has 5 rings (SSSR count). The highest BCUT2D eigenvalue weighted by Gasteiger charge is 2.50. The van der Waals surface area contributed by atoms with Crippen molar-refractivity contribution in [2.45, 2.75) is 39.2 Å². The summed E-state index contributed by atoms with van der Waals surface area (Å²) in [7, 11) is 1.66. The van der Waals surface area contributed by atoms with E-state index in [2.05, 4.69) is 34.4 Å². The van der Waals surface area contributed by atoms with E-state index in [1.807, 2.05) is 23.6 Å². The third-order valence-electron chi connectivity index (χ3n) is 7.22. The van der Waals surface area contributed by atoms with E-state index in [9.17, 15) is 14.7 Å². The number of hydrogen-bond acceptors (Lipinski definition) is 8.